The van der Waals surface area contributed by atoms with Crippen molar-refractivity contribution in [2.45, 2.75) is 39.5 Å². The van der Waals surface area contributed by atoms with Crippen LogP contribution in [-0.4, -0.2) is 13.2 Å². The van der Waals surface area contributed by atoms with Crippen molar-refractivity contribution in [2.24, 2.45) is 5.73 Å². The van der Waals surface area contributed by atoms with Crippen molar-refractivity contribution in [1.29, 1.82) is 0 Å². The van der Waals surface area contributed by atoms with Gasteiger partial charge < -0.3 is 10.5 Å². The summed E-state index contributed by atoms with van der Waals surface area (Å²) in [6.07, 6.45) is 11.1. The van der Waals surface area contributed by atoms with Crippen molar-refractivity contribution in [1.82, 2.24) is 0 Å². The van der Waals surface area contributed by atoms with Gasteiger partial charge in [0.1, 0.15) is 12.4 Å². The van der Waals surface area contributed by atoms with Gasteiger partial charge in [0.25, 0.3) is 0 Å². The molecule has 20 heavy (non-hydrogen) atoms. The second-order valence-corrected chi connectivity index (χ2v) is 5.01. The minimum Gasteiger partial charge on any atom is -0.492 e. The van der Waals surface area contributed by atoms with Crippen LogP contribution in [0.15, 0.2) is 48.1 Å². The lowest BCUT2D eigenvalue weighted by molar-refractivity contribution is 0.328. The molecule has 0 fully saturated rings. The van der Waals surface area contributed by atoms with Gasteiger partial charge >= 0.3 is 0 Å². The normalized spacial score (nSPS) is 12.1. The molecular weight excluding hydrogens is 246 g/mol. The van der Waals surface area contributed by atoms with Crippen LogP contribution in [0, 0.1) is 0 Å². The quantitative estimate of drug-likeness (QED) is 0.682. The Hall–Kier alpha value is -1.54. The van der Waals surface area contributed by atoms with E-state index >= 15 is 0 Å². The monoisotopic (exact) mass is 273 g/mol. The first-order valence-electron chi connectivity index (χ1n) is 7.50. The van der Waals surface area contributed by atoms with Gasteiger partial charge in [0.15, 0.2) is 0 Å². The Morgan fingerprint density at radius 2 is 2.20 bits per heavy atom. The summed E-state index contributed by atoms with van der Waals surface area (Å²) in [5.41, 5.74) is 8.16. The molecule has 0 saturated carbocycles. The fourth-order valence-electron chi connectivity index (χ4n) is 1.89. The van der Waals surface area contributed by atoms with E-state index in [1.165, 1.54) is 17.6 Å². The van der Waals surface area contributed by atoms with E-state index in [0.717, 1.165) is 25.0 Å². The van der Waals surface area contributed by atoms with Gasteiger partial charge in [-0.25, -0.2) is 0 Å². The maximum atomic E-state index is 5.54. The van der Waals surface area contributed by atoms with Crippen LogP contribution in [0.1, 0.15) is 38.7 Å². The molecule has 0 heterocycles. The Balaban J connectivity index is 2.44. The van der Waals surface area contributed by atoms with Gasteiger partial charge in [0.2, 0.25) is 0 Å². The number of hydrogen-bond acceptors (Lipinski definition) is 2. The van der Waals surface area contributed by atoms with E-state index in [1.807, 2.05) is 12.1 Å². The zero-order valence-corrected chi connectivity index (χ0v) is 12.8. The maximum Gasteiger partial charge on any atom is 0.119 e. The number of ether oxygens (including phenoxy) is 1. The Bertz CT molecular complexity index is 435. The lowest BCUT2D eigenvalue weighted by Gasteiger charge is -2.07. The Labute approximate surface area is 123 Å². The predicted octanol–water partition coefficient (Wildman–Crippen LogP) is 4.26. The average molecular weight is 273 g/mol. The van der Waals surface area contributed by atoms with Gasteiger partial charge in [-0.1, -0.05) is 49.3 Å². The molecule has 0 unspecified atom stereocenters. The van der Waals surface area contributed by atoms with Crippen LogP contribution in [0.25, 0.3) is 0 Å². The van der Waals surface area contributed by atoms with E-state index in [4.69, 9.17) is 10.5 Å². The number of hydrogen-bond donors (Lipinski definition) is 1. The SMILES string of the molecule is CCC/C=C\C=C(/C)CCc1cccc(OCCN)c1. The minimum absolute atomic E-state index is 0.552. The standard InChI is InChI=1S/C18H27NO/c1-3-4-5-6-8-16(2)11-12-17-9-7-10-18(15-17)20-14-13-19/h5-10,15H,3-4,11-14,19H2,1-2H3/b6-5-,16-8+. The summed E-state index contributed by atoms with van der Waals surface area (Å²) in [6.45, 7) is 5.51. The van der Waals surface area contributed by atoms with Crippen molar-refractivity contribution in [3.63, 3.8) is 0 Å². The third-order valence-corrected chi connectivity index (χ3v) is 3.07. The average Bonchev–Trinajstić information content (AvgIpc) is 2.48. The molecule has 1 aromatic carbocycles. The van der Waals surface area contributed by atoms with E-state index in [9.17, 15) is 0 Å². The maximum absolute atomic E-state index is 5.54. The molecule has 0 aromatic heterocycles. The van der Waals surface area contributed by atoms with Gasteiger partial charge in [-0.15, -0.1) is 0 Å². The Morgan fingerprint density at radius 3 is 2.95 bits per heavy atom. The summed E-state index contributed by atoms with van der Waals surface area (Å²) in [4.78, 5) is 0. The largest absolute Gasteiger partial charge is 0.492 e. The first kappa shape index (κ1) is 16.5. The van der Waals surface area contributed by atoms with Crippen LogP contribution in [0.3, 0.4) is 0 Å². The van der Waals surface area contributed by atoms with Gasteiger partial charge in [-0.3, -0.25) is 0 Å². The van der Waals surface area contributed by atoms with Crippen LogP contribution in [0.4, 0.5) is 0 Å². The van der Waals surface area contributed by atoms with Crippen molar-refractivity contribution in [3.05, 3.63) is 53.6 Å². The Morgan fingerprint density at radius 1 is 1.35 bits per heavy atom. The molecule has 0 atom stereocenters. The van der Waals surface area contributed by atoms with E-state index < -0.39 is 0 Å². The molecular formula is C18H27NO. The molecule has 0 amide bonds. The number of rotatable bonds is 9. The van der Waals surface area contributed by atoms with Crippen molar-refractivity contribution >= 4 is 0 Å². The number of nitrogens with two attached hydrogens (primary N) is 1. The van der Waals surface area contributed by atoms with Crippen LogP contribution >= 0.6 is 0 Å². The number of aryl methyl sites for hydroxylation is 1. The van der Waals surface area contributed by atoms with Crippen LogP contribution in [0.5, 0.6) is 5.75 Å². The molecule has 2 heteroatoms. The lowest BCUT2D eigenvalue weighted by Crippen LogP contribution is -2.10. The molecule has 1 aromatic rings. The first-order chi connectivity index (χ1) is 9.76. The van der Waals surface area contributed by atoms with Gasteiger partial charge in [0, 0.05) is 6.54 Å². The fourth-order valence-corrected chi connectivity index (χ4v) is 1.89. The number of allylic oxidation sites excluding steroid dienone is 4. The summed E-state index contributed by atoms with van der Waals surface area (Å²) < 4.78 is 5.54. The van der Waals surface area contributed by atoms with E-state index in [0.29, 0.717) is 13.2 Å². The fraction of sp³-hybridized carbons (Fsp3) is 0.444. The van der Waals surface area contributed by atoms with E-state index in [2.05, 4.69) is 44.2 Å². The van der Waals surface area contributed by atoms with Crippen molar-refractivity contribution < 1.29 is 4.74 Å². The molecule has 2 nitrogen and oxygen atoms in total. The highest BCUT2D eigenvalue weighted by Crippen LogP contribution is 2.16. The summed E-state index contributed by atoms with van der Waals surface area (Å²) in [7, 11) is 0. The van der Waals surface area contributed by atoms with Crippen LogP contribution in [0.2, 0.25) is 0 Å². The van der Waals surface area contributed by atoms with Gasteiger partial charge in [0.05, 0.1) is 0 Å². The number of benzene rings is 1. The number of unbranched alkanes of at least 4 members (excludes halogenated alkanes) is 1. The highest BCUT2D eigenvalue weighted by Gasteiger charge is 1.98. The second kappa shape index (κ2) is 10.3. The summed E-state index contributed by atoms with van der Waals surface area (Å²) in [6, 6.07) is 8.28. The third kappa shape index (κ3) is 7.15. The predicted molar refractivity (Wildman–Crippen MR) is 87.1 cm³/mol. The molecule has 110 valence electrons. The van der Waals surface area contributed by atoms with E-state index in [1.54, 1.807) is 0 Å². The van der Waals surface area contributed by atoms with Crippen molar-refractivity contribution in [2.75, 3.05) is 13.2 Å². The molecule has 0 aliphatic carbocycles. The van der Waals surface area contributed by atoms with Crippen LogP contribution in [-0.2, 0) is 6.42 Å². The zero-order valence-electron chi connectivity index (χ0n) is 12.8. The summed E-state index contributed by atoms with van der Waals surface area (Å²) in [5, 5.41) is 0. The summed E-state index contributed by atoms with van der Waals surface area (Å²) in [5.74, 6) is 0.914. The molecule has 0 bridgehead atoms. The molecule has 0 radical (unpaired) electrons. The summed E-state index contributed by atoms with van der Waals surface area (Å²) >= 11 is 0. The Kier molecular flexibility index (Phi) is 8.48. The van der Waals surface area contributed by atoms with Crippen molar-refractivity contribution in [3.8, 4) is 5.75 Å². The second-order valence-electron chi connectivity index (χ2n) is 5.01. The zero-order chi connectivity index (χ0) is 14.6. The van der Waals surface area contributed by atoms with E-state index in [-0.39, 0.29) is 0 Å². The van der Waals surface area contributed by atoms with Crippen LogP contribution < -0.4 is 10.5 Å². The topological polar surface area (TPSA) is 35.2 Å². The molecule has 0 spiro atoms. The lowest BCUT2D eigenvalue weighted by atomic mass is 10.0. The molecule has 0 aliphatic rings. The smallest absolute Gasteiger partial charge is 0.119 e. The first-order valence-corrected chi connectivity index (χ1v) is 7.50. The molecule has 0 aliphatic heterocycles. The highest BCUT2D eigenvalue weighted by atomic mass is 16.5. The highest BCUT2D eigenvalue weighted by molar-refractivity contribution is 5.29. The molecule has 2 N–H and O–H groups in total. The molecule has 0 saturated heterocycles. The molecule has 1 rings (SSSR count). The third-order valence-electron chi connectivity index (χ3n) is 3.07. The van der Waals surface area contributed by atoms with Gasteiger partial charge in [-0.2, -0.15) is 0 Å². The minimum atomic E-state index is 0.552. The van der Waals surface area contributed by atoms with Gasteiger partial charge in [-0.05, 0) is 43.9 Å².